The number of thioether (sulfide) groups is 1. The maximum absolute atomic E-state index is 13.7. The number of halogens is 4. The van der Waals surface area contributed by atoms with Gasteiger partial charge in [-0.05, 0) is 29.8 Å². The van der Waals surface area contributed by atoms with Crippen molar-refractivity contribution in [3.63, 3.8) is 0 Å². The second kappa shape index (κ2) is 9.18. The molecule has 0 amide bonds. The van der Waals surface area contributed by atoms with E-state index < -0.39 is 11.7 Å². The summed E-state index contributed by atoms with van der Waals surface area (Å²) in [6.07, 6.45) is -2.70. The molecule has 0 bridgehead atoms. The molecule has 0 saturated carbocycles. The van der Waals surface area contributed by atoms with Crippen molar-refractivity contribution in [3.05, 3.63) is 66.1 Å². The van der Waals surface area contributed by atoms with E-state index in [0.717, 1.165) is 16.3 Å². The first-order chi connectivity index (χ1) is 15.7. The van der Waals surface area contributed by atoms with Crippen molar-refractivity contribution in [2.45, 2.75) is 29.5 Å². The van der Waals surface area contributed by atoms with Gasteiger partial charge in [-0.3, -0.25) is 0 Å². The Balaban J connectivity index is 1.77. The summed E-state index contributed by atoms with van der Waals surface area (Å²) in [5.41, 5.74) is 1.66. The van der Waals surface area contributed by atoms with Crippen molar-refractivity contribution in [3.8, 4) is 33.4 Å². The van der Waals surface area contributed by atoms with E-state index in [1.54, 1.807) is 34.8 Å². The summed E-state index contributed by atoms with van der Waals surface area (Å²) in [5, 5.41) is 5.20. The van der Waals surface area contributed by atoms with Crippen LogP contribution in [0.2, 0.25) is 0 Å². The lowest BCUT2D eigenvalue weighted by Crippen LogP contribution is -2.04. The lowest BCUT2D eigenvalue weighted by atomic mass is 10.1. The Morgan fingerprint density at radius 2 is 1.79 bits per heavy atom. The molecule has 0 fully saturated rings. The van der Waals surface area contributed by atoms with Crippen LogP contribution in [0.25, 0.3) is 27.5 Å². The standard InChI is InChI=1S/C23H19F4N3OS2/c1-13(2)32-21-19(14-7-9-16(10-8-14)23(25,26)27)28-22(33-21)30-12-18(20(29-30)31-3)15-5-4-6-17(24)11-15/h4-13H,1-3H3. The Morgan fingerprint density at radius 3 is 2.39 bits per heavy atom. The van der Waals surface area contributed by atoms with Gasteiger partial charge in [-0.1, -0.05) is 49.4 Å². The summed E-state index contributed by atoms with van der Waals surface area (Å²) in [7, 11) is 1.48. The average molecular weight is 494 g/mol. The van der Waals surface area contributed by atoms with Gasteiger partial charge in [0.05, 0.1) is 28.1 Å². The molecule has 0 N–H and O–H groups in total. The highest BCUT2D eigenvalue weighted by Gasteiger charge is 2.30. The second-order valence-corrected chi connectivity index (χ2v) is 10.2. The average Bonchev–Trinajstić information content (AvgIpc) is 3.37. The fraction of sp³-hybridized carbons (Fsp3) is 0.217. The Kier molecular flexibility index (Phi) is 6.49. The zero-order valence-electron chi connectivity index (χ0n) is 17.9. The fourth-order valence-corrected chi connectivity index (χ4v) is 5.59. The van der Waals surface area contributed by atoms with Gasteiger partial charge < -0.3 is 4.74 Å². The van der Waals surface area contributed by atoms with Crippen molar-refractivity contribution in [2.75, 3.05) is 7.11 Å². The Hall–Kier alpha value is -2.85. The molecule has 0 saturated heterocycles. The first-order valence-corrected chi connectivity index (χ1v) is 11.6. The number of thiazole rings is 1. The molecule has 2 heterocycles. The van der Waals surface area contributed by atoms with Crippen LogP contribution in [0.4, 0.5) is 17.6 Å². The van der Waals surface area contributed by atoms with Gasteiger partial charge in [0, 0.05) is 17.0 Å². The molecule has 172 valence electrons. The van der Waals surface area contributed by atoms with Gasteiger partial charge in [0.1, 0.15) is 5.82 Å². The molecule has 33 heavy (non-hydrogen) atoms. The first kappa shape index (κ1) is 23.3. The summed E-state index contributed by atoms with van der Waals surface area (Å²) in [4.78, 5) is 4.68. The quantitative estimate of drug-likeness (QED) is 0.208. The minimum atomic E-state index is -4.40. The van der Waals surface area contributed by atoms with E-state index in [1.807, 2.05) is 13.8 Å². The number of hydrogen-bond donors (Lipinski definition) is 0. The fourth-order valence-electron chi connectivity index (χ4n) is 3.15. The highest BCUT2D eigenvalue weighted by atomic mass is 32.2. The van der Waals surface area contributed by atoms with Crippen molar-refractivity contribution in [1.82, 2.24) is 14.8 Å². The molecule has 0 atom stereocenters. The van der Waals surface area contributed by atoms with Crippen LogP contribution >= 0.6 is 23.1 Å². The van der Waals surface area contributed by atoms with Crippen molar-refractivity contribution in [1.29, 1.82) is 0 Å². The van der Waals surface area contributed by atoms with Crippen LogP contribution in [0.5, 0.6) is 5.88 Å². The molecule has 4 rings (SSSR count). The van der Waals surface area contributed by atoms with Crippen LogP contribution in [-0.2, 0) is 6.18 Å². The molecule has 0 aliphatic carbocycles. The van der Waals surface area contributed by atoms with E-state index in [2.05, 4.69) is 10.1 Å². The minimum Gasteiger partial charge on any atom is -0.479 e. The van der Waals surface area contributed by atoms with E-state index in [0.29, 0.717) is 33.4 Å². The minimum absolute atomic E-state index is 0.238. The molecule has 4 aromatic rings. The number of alkyl halides is 3. The lowest BCUT2D eigenvalue weighted by molar-refractivity contribution is -0.137. The van der Waals surface area contributed by atoms with Gasteiger partial charge in [-0.15, -0.1) is 16.9 Å². The molecule has 0 spiro atoms. The number of aromatic nitrogens is 3. The van der Waals surface area contributed by atoms with Crippen LogP contribution in [0.1, 0.15) is 19.4 Å². The number of hydrogen-bond acceptors (Lipinski definition) is 5. The third kappa shape index (κ3) is 5.06. The highest BCUT2D eigenvalue weighted by Crippen LogP contribution is 2.41. The third-order valence-corrected chi connectivity index (χ3v) is 6.88. The van der Waals surface area contributed by atoms with Gasteiger partial charge in [0.2, 0.25) is 11.0 Å². The Bertz CT molecular complexity index is 1260. The maximum Gasteiger partial charge on any atom is 0.416 e. The van der Waals surface area contributed by atoms with E-state index in [9.17, 15) is 17.6 Å². The molecular weight excluding hydrogens is 474 g/mol. The first-order valence-electron chi connectivity index (χ1n) is 9.91. The van der Waals surface area contributed by atoms with E-state index in [1.165, 1.54) is 42.7 Å². The van der Waals surface area contributed by atoms with Crippen molar-refractivity contribution in [2.24, 2.45) is 0 Å². The molecule has 10 heteroatoms. The number of nitrogens with zero attached hydrogens (tertiary/aromatic N) is 3. The van der Waals surface area contributed by atoms with Crippen LogP contribution in [0.3, 0.4) is 0 Å². The maximum atomic E-state index is 13.7. The third-order valence-electron chi connectivity index (χ3n) is 4.62. The second-order valence-electron chi connectivity index (χ2n) is 7.38. The monoisotopic (exact) mass is 493 g/mol. The molecule has 0 aliphatic rings. The van der Waals surface area contributed by atoms with Crippen LogP contribution in [0.15, 0.2) is 58.9 Å². The van der Waals surface area contributed by atoms with E-state index in [-0.39, 0.29) is 11.1 Å². The van der Waals surface area contributed by atoms with E-state index >= 15 is 0 Å². The number of rotatable bonds is 6. The van der Waals surface area contributed by atoms with Gasteiger partial charge in [0.15, 0.2) is 0 Å². The molecule has 2 aromatic carbocycles. The predicted octanol–water partition coefficient (Wildman–Crippen LogP) is 7.33. The molecule has 0 unspecified atom stereocenters. The predicted molar refractivity (Wildman–Crippen MR) is 123 cm³/mol. The molecule has 4 nitrogen and oxygen atoms in total. The number of benzene rings is 2. The Morgan fingerprint density at radius 1 is 1.06 bits per heavy atom. The molecular formula is C23H19F4N3OS2. The summed E-state index contributed by atoms with van der Waals surface area (Å²) in [6.45, 7) is 4.05. The van der Waals surface area contributed by atoms with Gasteiger partial charge in [-0.25, -0.2) is 14.1 Å². The zero-order chi connectivity index (χ0) is 23.8. The summed E-state index contributed by atoms with van der Waals surface area (Å²) >= 11 is 2.95. The van der Waals surface area contributed by atoms with Crippen LogP contribution in [-0.4, -0.2) is 27.1 Å². The molecule has 0 aliphatic heterocycles. The Labute approximate surface area is 196 Å². The SMILES string of the molecule is COc1nn(-c2nc(-c3ccc(C(F)(F)F)cc3)c(SC(C)C)s2)cc1-c1cccc(F)c1. The number of ether oxygens (including phenoxy) is 1. The summed E-state index contributed by atoms with van der Waals surface area (Å²) in [6, 6.07) is 11.1. The summed E-state index contributed by atoms with van der Waals surface area (Å²) < 4.78 is 60.4. The van der Waals surface area contributed by atoms with Crippen LogP contribution < -0.4 is 4.74 Å². The number of methoxy groups -OCH3 is 1. The molecule has 2 aromatic heterocycles. The lowest BCUT2D eigenvalue weighted by Gasteiger charge is -2.08. The van der Waals surface area contributed by atoms with Crippen molar-refractivity contribution >= 4 is 23.1 Å². The topological polar surface area (TPSA) is 39.9 Å². The highest BCUT2D eigenvalue weighted by molar-refractivity contribution is 8.01. The van der Waals surface area contributed by atoms with E-state index in [4.69, 9.17) is 4.74 Å². The normalized spacial score (nSPS) is 11.9. The smallest absolute Gasteiger partial charge is 0.416 e. The summed E-state index contributed by atoms with van der Waals surface area (Å²) in [5.74, 6) is -0.0679. The largest absolute Gasteiger partial charge is 0.479 e. The zero-order valence-corrected chi connectivity index (χ0v) is 19.5. The van der Waals surface area contributed by atoms with Gasteiger partial charge in [0.25, 0.3) is 0 Å². The van der Waals surface area contributed by atoms with Gasteiger partial charge >= 0.3 is 6.18 Å². The van der Waals surface area contributed by atoms with Crippen molar-refractivity contribution < 1.29 is 22.3 Å². The van der Waals surface area contributed by atoms with Gasteiger partial charge in [-0.2, -0.15) is 13.2 Å². The molecule has 0 radical (unpaired) electrons. The van der Waals surface area contributed by atoms with Crippen LogP contribution in [0, 0.1) is 5.82 Å².